The zero-order chi connectivity index (χ0) is 28.0. The second-order valence-corrected chi connectivity index (χ2v) is 6.16. The first-order valence-corrected chi connectivity index (χ1v) is 8.45. The van der Waals surface area contributed by atoms with Crippen LogP contribution < -0.4 is 4.90 Å². The number of fused-ring (bicyclic) bond motifs is 1. The van der Waals surface area contributed by atoms with E-state index in [2.05, 4.69) is 4.99 Å². The van der Waals surface area contributed by atoms with Gasteiger partial charge in [-0.15, -0.1) is 24.8 Å². The molecule has 0 aliphatic carbocycles. The lowest BCUT2D eigenvalue weighted by Gasteiger charge is -2.27. The molecule has 0 unspecified atom stereocenters. The molecule has 0 bridgehead atoms. The van der Waals surface area contributed by atoms with Crippen LogP contribution in [-0.2, 0) is 4.79 Å². The van der Waals surface area contributed by atoms with Crippen LogP contribution in [0.15, 0.2) is 47.5 Å². The van der Waals surface area contributed by atoms with Gasteiger partial charge in [0.2, 0.25) is 5.91 Å². The third kappa shape index (κ3) is 5.70. The topological polar surface area (TPSA) is 35.9 Å². The average molecular weight is 471 g/mol. The van der Waals surface area contributed by atoms with Crippen molar-refractivity contribution in [2.45, 2.75) is 13.7 Å². The number of likely N-dealkylation sites (N-methyl/N-ethyl adjacent to an activating group) is 1. The molecule has 0 saturated heterocycles. The molecule has 0 fully saturated rings. The van der Waals surface area contributed by atoms with Crippen molar-refractivity contribution in [3.63, 3.8) is 0 Å². The Morgan fingerprint density at radius 2 is 1.93 bits per heavy atom. The maximum atomic E-state index is 14.6. The number of carbonyl (C=O) groups excluding carboxylic acids is 1. The van der Waals surface area contributed by atoms with E-state index in [9.17, 15) is 9.18 Å². The lowest BCUT2D eigenvalue weighted by Crippen LogP contribution is -2.39. The number of amides is 1. The average Bonchev–Trinajstić information content (AvgIpc) is 2.89. The third-order valence-corrected chi connectivity index (χ3v) is 4.36. The Balaban J connectivity index is 0.00000380. The fourth-order valence-corrected chi connectivity index (χ4v) is 3.03. The molecule has 1 heterocycles. The summed E-state index contributed by atoms with van der Waals surface area (Å²) in [5.74, 6) is -1.24. The molecule has 0 aromatic heterocycles. The summed E-state index contributed by atoms with van der Waals surface area (Å²) in [6, 6.07) is 10.1. The van der Waals surface area contributed by atoms with Gasteiger partial charge in [-0.25, -0.2) is 4.39 Å². The van der Waals surface area contributed by atoms with E-state index < -0.39 is 58.1 Å². The molecule has 0 radical (unpaired) electrons. The fourth-order valence-electron chi connectivity index (χ4n) is 2.85. The number of halogens is 4. The summed E-state index contributed by atoms with van der Waals surface area (Å²) in [4.78, 5) is 18.5. The first-order valence-electron chi connectivity index (χ1n) is 13.1. The van der Waals surface area contributed by atoms with Crippen LogP contribution in [-0.4, -0.2) is 49.1 Å². The Morgan fingerprint density at radius 1 is 1.21 bits per heavy atom. The van der Waals surface area contributed by atoms with Crippen LogP contribution in [0.25, 0.3) is 0 Å². The van der Waals surface area contributed by atoms with Gasteiger partial charge in [-0.1, -0.05) is 37.4 Å². The summed E-state index contributed by atoms with van der Waals surface area (Å²) in [5.41, 5.74) is 0.657. The van der Waals surface area contributed by atoms with Gasteiger partial charge in [0.15, 0.2) is 0 Å². The number of benzene rings is 2. The summed E-state index contributed by atoms with van der Waals surface area (Å²) in [5, 5.41) is 0.246. The van der Waals surface area contributed by atoms with Crippen molar-refractivity contribution in [1.82, 2.24) is 4.90 Å². The number of rotatable bonds is 6. The van der Waals surface area contributed by atoms with Crippen LogP contribution in [0, 0.1) is 5.82 Å². The monoisotopic (exact) mass is 469 g/mol. The minimum atomic E-state index is -3.42. The van der Waals surface area contributed by atoms with Crippen LogP contribution in [0.5, 0.6) is 0 Å². The summed E-state index contributed by atoms with van der Waals surface area (Å²) in [6.07, 6.45) is 0. The summed E-state index contributed by atoms with van der Waals surface area (Å²) >= 11 is 6.17. The molecule has 3 rings (SSSR count). The zero-order valence-corrected chi connectivity index (χ0v) is 17.4. The van der Waals surface area contributed by atoms with Gasteiger partial charge in [0.25, 0.3) is 0 Å². The molecular formula is C21H25Cl3FN3O. The molecule has 8 heteroatoms. The third-order valence-electron chi connectivity index (χ3n) is 4.12. The summed E-state index contributed by atoms with van der Waals surface area (Å²) in [6.45, 7) is -15.4. The van der Waals surface area contributed by atoms with Crippen molar-refractivity contribution in [1.29, 1.82) is 0 Å². The molecule has 0 N–H and O–H groups in total. The van der Waals surface area contributed by atoms with Crippen molar-refractivity contribution in [3.8, 4) is 0 Å². The lowest BCUT2D eigenvalue weighted by atomic mass is 9.99. The number of nitrogens with zero attached hydrogens (tertiary/aromatic N) is 3. The molecule has 158 valence electrons. The largest absolute Gasteiger partial charge is 0.309 e. The van der Waals surface area contributed by atoms with Gasteiger partial charge < -0.3 is 9.80 Å². The van der Waals surface area contributed by atoms with Crippen LogP contribution >= 0.6 is 36.4 Å². The van der Waals surface area contributed by atoms with Gasteiger partial charge in [-0.05, 0) is 43.3 Å². The lowest BCUT2D eigenvalue weighted by molar-refractivity contribution is -0.117. The van der Waals surface area contributed by atoms with Crippen molar-refractivity contribution in [2.24, 2.45) is 4.99 Å². The molecule has 1 aliphatic heterocycles. The Hall–Kier alpha value is -1.66. The minimum absolute atomic E-state index is 0. The number of carbonyl (C=O) groups is 1. The maximum Gasteiger partial charge on any atom is 0.248 e. The number of anilines is 1. The highest BCUT2D eigenvalue weighted by molar-refractivity contribution is 6.32. The number of aliphatic imine (C=N–C) groups is 1. The maximum absolute atomic E-state index is 14.6. The van der Waals surface area contributed by atoms with Gasteiger partial charge in [0.1, 0.15) is 12.4 Å². The predicted molar refractivity (Wildman–Crippen MR) is 123 cm³/mol. The normalized spacial score (nSPS) is 20.2. The molecule has 1 amide bonds. The van der Waals surface area contributed by atoms with E-state index in [-0.39, 0.29) is 57.3 Å². The van der Waals surface area contributed by atoms with Crippen molar-refractivity contribution in [3.05, 3.63) is 64.4 Å². The Bertz CT molecular complexity index is 1200. The van der Waals surface area contributed by atoms with E-state index in [1.54, 1.807) is 6.07 Å². The summed E-state index contributed by atoms with van der Waals surface area (Å²) < 4.78 is 92.2. The molecule has 2 aromatic rings. The first-order chi connectivity index (χ1) is 16.9. The molecule has 0 atom stereocenters. The highest BCUT2D eigenvalue weighted by atomic mass is 35.5. The van der Waals surface area contributed by atoms with Gasteiger partial charge in [0.05, 0.1) is 11.4 Å². The van der Waals surface area contributed by atoms with E-state index in [4.69, 9.17) is 25.3 Å². The second kappa shape index (κ2) is 11.5. The van der Waals surface area contributed by atoms with E-state index in [0.29, 0.717) is 0 Å². The standard InChI is InChI=1S/C21H23ClFN3O.2ClH/c1-3-25(4-2)11-12-26-19-10-9-15(22)13-17(19)21(24-14-20(26)27)16-7-5-6-8-18(16)23;;/h5-10,13H,3-4,11-12,14H2,1-2H3;2*1H/i1D3,2D3,3D2,4D2;;. The quantitative estimate of drug-likeness (QED) is 0.605. The fraction of sp³-hybridized carbons (Fsp3) is 0.333. The SMILES string of the molecule is Cl.Cl.[2H]C([2H])([2H])C([2H])([2H])N(CCN1C(=O)CN=C(c2ccccc2F)c2cc(Cl)ccc21)C([2H])([2H])C([2H])([2H])[2H]. The van der Waals surface area contributed by atoms with Gasteiger partial charge >= 0.3 is 0 Å². The van der Waals surface area contributed by atoms with Crippen molar-refractivity contribution >= 4 is 53.7 Å². The van der Waals surface area contributed by atoms with Gasteiger partial charge in [-0.2, -0.15) is 0 Å². The Labute approximate surface area is 202 Å². The highest BCUT2D eigenvalue weighted by Gasteiger charge is 2.26. The molecule has 0 saturated carbocycles. The van der Waals surface area contributed by atoms with Crippen LogP contribution in [0.4, 0.5) is 10.1 Å². The van der Waals surface area contributed by atoms with E-state index >= 15 is 0 Å². The van der Waals surface area contributed by atoms with E-state index in [1.165, 1.54) is 36.4 Å². The first kappa shape index (κ1) is 13.6. The number of hydrogen-bond acceptors (Lipinski definition) is 3. The van der Waals surface area contributed by atoms with Crippen LogP contribution in [0.2, 0.25) is 5.02 Å². The number of hydrogen-bond donors (Lipinski definition) is 0. The van der Waals surface area contributed by atoms with Crippen molar-refractivity contribution < 1.29 is 22.9 Å². The zero-order valence-electron chi connectivity index (χ0n) is 25.0. The Kier molecular flexibility index (Phi) is 5.40. The molecule has 4 nitrogen and oxygen atoms in total. The van der Waals surface area contributed by atoms with E-state index in [1.807, 2.05) is 0 Å². The van der Waals surface area contributed by atoms with Crippen molar-refractivity contribution in [2.75, 3.05) is 37.5 Å². The predicted octanol–water partition coefficient (Wildman–Crippen LogP) is 4.85. The second-order valence-electron chi connectivity index (χ2n) is 5.73. The molecule has 2 aromatic carbocycles. The van der Waals surface area contributed by atoms with Gasteiger partial charge in [0, 0.05) is 42.9 Å². The Morgan fingerprint density at radius 3 is 2.62 bits per heavy atom. The highest BCUT2D eigenvalue weighted by Crippen LogP contribution is 2.30. The van der Waals surface area contributed by atoms with Crippen LogP contribution in [0.3, 0.4) is 0 Å². The van der Waals surface area contributed by atoms with Gasteiger partial charge in [-0.3, -0.25) is 9.79 Å². The van der Waals surface area contributed by atoms with Crippen LogP contribution in [0.1, 0.15) is 38.5 Å². The molecule has 1 aliphatic rings. The van der Waals surface area contributed by atoms with E-state index in [0.717, 1.165) is 4.90 Å². The smallest absolute Gasteiger partial charge is 0.248 e. The molecular weight excluding hydrogens is 436 g/mol. The number of benzodiazepines with no additional fused rings is 1. The minimum Gasteiger partial charge on any atom is -0.309 e. The summed E-state index contributed by atoms with van der Waals surface area (Å²) in [7, 11) is 0. The molecule has 0 spiro atoms. The molecule has 29 heavy (non-hydrogen) atoms.